The van der Waals surface area contributed by atoms with Crippen LogP contribution < -0.4 is 4.74 Å². The average Bonchev–Trinajstić information content (AvgIpc) is 2.73. The van der Waals surface area contributed by atoms with Gasteiger partial charge in [-0.25, -0.2) is 4.39 Å². The Morgan fingerprint density at radius 3 is 2.38 bits per heavy atom. The summed E-state index contributed by atoms with van der Waals surface area (Å²) in [6, 6.07) is 9.23. The minimum Gasteiger partial charge on any atom is -0.421 e. The van der Waals surface area contributed by atoms with Gasteiger partial charge in [0.05, 0.1) is 5.92 Å². The van der Waals surface area contributed by atoms with E-state index in [9.17, 15) is 18.0 Å². The van der Waals surface area contributed by atoms with Gasteiger partial charge in [0.1, 0.15) is 0 Å². The van der Waals surface area contributed by atoms with Crippen molar-refractivity contribution >= 4 is 5.97 Å². The van der Waals surface area contributed by atoms with Gasteiger partial charge in [-0.3, -0.25) is 4.79 Å². The maximum atomic E-state index is 13.6. The first kappa shape index (κ1) is 21.3. The Morgan fingerprint density at radius 1 is 1.03 bits per heavy atom. The van der Waals surface area contributed by atoms with Gasteiger partial charge in [0.15, 0.2) is 11.6 Å². The molecule has 3 rings (SSSR count). The molecular weight excluding hydrogens is 379 g/mol. The van der Waals surface area contributed by atoms with Crippen LogP contribution >= 0.6 is 0 Å². The highest BCUT2D eigenvalue weighted by Crippen LogP contribution is 2.36. The lowest BCUT2D eigenvalue weighted by Crippen LogP contribution is -2.25. The number of nitrogens with zero attached hydrogens (tertiary/aromatic N) is 1. The molecule has 1 aliphatic rings. The number of hydrogen-bond donors (Lipinski definition) is 0. The van der Waals surface area contributed by atoms with Crippen LogP contribution in [0.15, 0.2) is 30.3 Å². The third-order valence-electron chi connectivity index (χ3n) is 5.65. The lowest BCUT2D eigenvalue weighted by atomic mass is 9.78. The van der Waals surface area contributed by atoms with Gasteiger partial charge in [0.2, 0.25) is 0 Å². The Morgan fingerprint density at radius 2 is 1.72 bits per heavy atom. The Labute approximate surface area is 169 Å². The average molecular weight is 405 g/mol. The maximum Gasteiger partial charge on any atom is 0.314 e. The van der Waals surface area contributed by atoms with Crippen molar-refractivity contribution < 1.29 is 22.7 Å². The molecule has 1 fully saturated rings. The summed E-state index contributed by atoms with van der Waals surface area (Å²) in [5, 5.41) is 0. The first-order chi connectivity index (χ1) is 14.0. The predicted molar refractivity (Wildman–Crippen MR) is 104 cm³/mol. The molecule has 0 saturated heterocycles. The first-order valence-electron chi connectivity index (χ1n) is 10.3. The van der Waals surface area contributed by atoms with Crippen LogP contribution in [0.5, 0.6) is 5.75 Å². The van der Waals surface area contributed by atoms with E-state index >= 15 is 0 Å². The second-order valence-corrected chi connectivity index (χ2v) is 7.72. The van der Waals surface area contributed by atoms with E-state index in [-0.39, 0.29) is 5.92 Å². The van der Waals surface area contributed by atoms with E-state index in [1.165, 1.54) is 30.4 Å². The SMILES string of the molecule is CCCCCc1ccc(C2CCC(C(=O)Oc3cc(F)c(F)nc3F)CC2)cc1. The van der Waals surface area contributed by atoms with E-state index in [1.54, 1.807) is 0 Å². The van der Waals surface area contributed by atoms with Gasteiger partial charge in [-0.15, -0.1) is 0 Å². The van der Waals surface area contributed by atoms with E-state index in [4.69, 9.17) is 4.74 Å². The van der Waals surface area contributed by atoms with Crippen molar-refractivity contribution in [1.29, 1.82) is 0 Å². The summed E-state index contributed by atoms with van der Waals surface area (Å²) < 4.78 is 44.6. The molecule has 0 spiro atoms. The molecule has 0 unspecified atom stereocenters. The van der Waals surface area contributed by atoms with Crippen LogP contribution in [0.4, 0.5) is 13.2 Å². The van der Waals surface area contributed by atoms with Crippen molar-refractivity contribution in [2.45, 2.75) is 64.2 Å². The summed E-state index contributed by atoms with van der Waals surface area (Å²) in [6.45, 7) is 2.19. The summed E-state index contributed by atoms with van der Waals surface area (Å²) in [6.07, 6.45) is 7.64. The number of aromatic nitrogens is 1. The van der Waals surface area contributed by atoms with E-state index in [2.05, 4.69) is 36.2 Å². The van der Waals surface area contributed by atoms with Crippen LogP contribution in [-0.4, -0.2) is 11.0 Å². The minimum absolute atomic E-state index is 0.380. The molecule has 1 aliphatic carbocycles. The van der Waals surface area contributed by atoms with Crippen LogP contribution in [0.2, 0.25) is 0 Å². The summed E-state index contributed by atoms with van der Waals surface area (Å²) in [4.78, 5) is 15.1. The molecule has 3 nitrogen and oxygen atoms in total. The number of esters is 1. The summed E-state index contributed by atoms with van der Waals surface area (Å²) >= 11 is 0. The Bertz CT molecular complexity index is 831. The maximum absolute atomic E-state index is 13.6. The fourth-order valence-electron chi connectivity index (χ4n) is 3.89. The number of ether oxygens (including phenoxy) is 1. The molecule has 0 bridgehead atoms. The molecule has 1 aromatic heterocycles. The highest BCUT2D eigenvalue weighted by molar-refractivity contribution is 5.75. The number of halogens is 3. The number of rotatable bonds is 7. The summed E-state index contributed by atoms with van der Waals surface area (Å²) in [5.41, 5.74) is 2.62. The van der Waals surface area contributed by atoms with Gasteiger partial charge >= 0.3 is 5.97 Å². The second kappa shape index (κ2) is 9.90. The smallest absolute Gasteiger partial charge is 0.314 e. The number of unbranched alkanes of at least 4 members (excludes halogenated alkanes) is 2. The molecule has 0 aliphatic heterocycles. The number of hydrogen-bond acceptors (Lipinski definition) is 3. The Balaban J connectivity index is 1.52. The van der Waals surface area contributed by atoms with Crippen molar-refractivity contribution in [3.05, 3.63) is 59.2 Å². The zero-order valence-electron chi connectivity index (χ0n) is 16.6. The molecular formula is C23H26F3NO2. The lowest BCUT2D eigenvalue weighted by molar-refractivity contribution is -0.140. The Kier molecular flexibility index (Phi) is 7.29. The predicted octanol–water partition coefficient (Wildman–Crippen LogP) is 6.11. The molecule has 29 heavy (non-hydrogen) atoms. The van der Waals surface area contributed by atoms with Gasteiger partial charge in [-0.05, 0) is 55.6 Å². The van der Waals surface area contributed by atoms with Gasteiger partial charge in [-0.1, -0.05) is 44.0 Å². The molecule has 156 valence electrons. The second-order valence-electron chi connectivity index (χ2n) is 7.72. The molecule has 2 aromatic rings. The molecule has 0 amide bonds. The number of benzene rings is 1. The first-order valence-corrected chi connectivity index (χ1v) is 10.3. The minimum atomic E-state index is -1.56. The fourth-order valence-corrected chi connectivity index (χ4v) is 3.89. The number of carbonyl (C=O) groups is 1. The van der Waals surface area contributed by atoms with Crippen molar-refractivity contribution in [2.75, 3.05) is 0 Å². The van der Waals surface area contributed by atoms with Crippen molar-refractivity contribution in [3.8, 4) is 5.75 Å². The van der Waals surface area contributed by atoms with Crippen LogP contribution in [0.3, 0.4) is 0 Å². The molecule has 0 N–H and O–H groups in total. The van der Waals surface area contributed by atoms with Crippen LogP contribution in [0.25, 0.3) is 0 Å². The van der Waals surface area contributed by atoms with E-state index in [0.717, 1.165) is 19.3 Å². The molecule has 1 heterocycles. The fraction of sp³-hybridized carbons (Fsp3) is 0.478. The normalized spacial score (nSPS) is 19.2. The topological polar surface area (TPSA) is 39.2 Å². The number of pyridine rings is 1. The zero-order chi connectivity index (χ0) is 20.8. The van der Waals surface area contributed by atoms with E-state index in [0.29, 0.717) is 24.8 Å². The third-order valence-corrected chi connectivity index (χ3v) is 5.65. The quantitative estimate of drug-likeness (QED) is 0.317. The van der Waals surface area contributed by atoms with Crippen molar-refractivity contribution in [1.82, 2.24) is 4.98 Å². The highest BCUT2D eigenvalue weighted by atomic mass is 19.2. The molecule has 6 heteroatoms. The van der Waals surface area contributed by atoms with Crippen LogP contribution in [0.1, 0.15) is 68.9 Å². The number of carbonyl (C=O) groups excluding carboxylic acids is 1. The number of aryl methyl sites for hydroxylation is 1. The van der Waals surface area contributed by atoms with Crippen LogP contribution in [-0.2, 0) is 11.2 Å². The van der Waals surface area contributed by atoms with Gasteiger partial charge < -0.3 is 4.74 Å². The van der Waals surface area contributed by atoms with Gasteiger partial charge in [0, 0.05) is 6.07 Å². The largest absolute Gasteiger partial charge is 0.421 e. The van der Waals surface area contributed by atoms with Crippen molar-refractivity contribution in [2.24, 2.45) is 5.92 Å². The van der Waals surface area contributed by atoms with Gasteiger partial charge in [0.25, 0.3) is 11.9 Å². The van der Waals surface area contributed by atoms with E-state index in [1.807, 2.05) is 0 Å². The van der Waals surface area contributed by atoms with Crippen molar-refractivity contribution in [3.63, 3.8) is 0 Å². The monoisotopic (exact) mass is 405 g/mol. The molecule has 1 saturated carbocycles. The lowest BCUT2D eigenvalue weighted by Gasteiger charge is -2.27. The van der Waals surface area contributed by atoms with E-state index < -0.39 is 29.4 Å². The summed E-state index contributed by atoms with van der Waals surface area (Å²) in [5.74, 6) is -5.53. The molecule has 1 aromatic carbocycles. The standard InChI is InChI=1S/C23H26F3NO2/c1-2-3-4-5-15-6-8-16(9-7-15)17-10-12-18(13-11-17)23(28)29-20-14-19(24)21(25)27-22(20)26/h6-9,14,17-18H,2-5,10-13H2,1H3. The van der Waals surface area contributed by atoms with Gasteiger partial charge in [-0.2, -0.15) is 13.8 Å². The molecule has 0 radical (unpaired) electrons. The zero-order valence-corrected chi connectivity index (χ0v) is 16.6. The molecule has 0 atom stereocenters. The third kappa shape index (κ3) is 5.58. The summed E-state index contributed by atoms with van der Waals surface area (Å²) in [7, 11) is 0. The highest BCUT2D eigenvalue weighted by Gasteiger charge is 2.29. The van der Waals surface area contributed by atoms with Crippen LogP contribution in [0, 0.1) is 23.6 Å². The Hall–Kier alpha value is -2.37.